The summed E-state index contributed by atoms with van der Waals surface area (Å²) in [5.41, 5.74) is 1.39. The predicted molar refractivity (Wildman–Crippen MR) is 87.9 cm³/mol. The molecule has 118 valence electrons. The lowest BCUT2D eigenvalue weighted by atomic mass is 10.2. The van der Waals surface area contributed by atoms with Crippen molar-refractivity contribution in [2.24, 2.45) is 0 Å². The SMILES string of the molecule is O=C(C=Cc1ccc2c(c1)OCO2)OCc1c(Cl)cccc1Cl. The molecule has 23 heavy (non-hydrogen) atoms. The zero-order chi connectivity index (χ0) is 16.2. The van der Waals surface area contributed by atoms with E-state index in [4.69, 9.17) is 37.4 Å². The van der Waals surface area contributed by atoms with Crippen LogP contribution in [0.1, 0.15) is 11.1 Å². The Kier molecular flexibility index (Phi) is 4.74. The molecule has 0 saturated heterocycles. The lowest BCUT2D eigenvalue weighted by molar-refractivity contribution is -0.138. The van der Waals surface area contributed by atoms with Gasteiger partial charge in [-0.3, -0.25) is 0 Å². The number of fused-ring (bicyclic) bond motifs is 1. The fourth-order valence-corrected chi connectivity index (χ4v) is 2.55. The van der Waals surface area contributed by atoms with Gasteiger partial charge in [-0.2, -0.15) is 0 Å². The summed E-state index contributed by atoms with van der Waals surface area (Å²) >= 11 is 12.0. The summed E-state index contributed by atoms with van der Waals surface area (Å²) in [6.45, 7) is 0.228. The molecule has 4 nitrogen and oxygen atoms in total. The molecule has 0 saturated carbocycles. The van der Waals surface area contributed by atoms with Crippen molar-refractivity contribution in [1.29, 1.82) is 0 Å². The predicted octanol–water partition coefficient (Wildman–Crippen LogP) is 4.48. The summed E-state index contributed by atoms with van der Waals surface area (Å²) < 4.78 is 15.7. The molecule has 0 amide bonds. The third kappa shape index (κ3) is 3.78. The Labute approximate surface area is 143 Å². The van der Waals surface area contributed by atoms with Crippen molar-refractivity contribution in [1.82, 2.24) is 0 Å². The van der Waals surface area contributed by atoms with E-state index in [-0.39, 0.29) is 13.4 Å². The Bertz CT molecular complexity index is 751. The van der Waals surface area contributed by atoms with Crippen molar-refractivity contribution in [2.75, 3.05) is 6.79 Å². The van der Waals surface area contributed by atoms with Crippen molar-refractivity contribution in [2.45, 2.75) is 6.61 Å². The van der Waals surface area contributed by atoms with E-state index >= 15 is 0 Å². The standard InChI is InChI=1S/C17H12Cl2O4/c18-13-2-1-3-14(19)12(13)9-21-17(20)7-5-11-4-6-15-16(8-11)23-10-22-15/h1-8H,9-10H2. The van der Waals surface area contributed by atoms with E-state index in [1.165, 1.54) is 6.08 Å². The molecule has 1 heterocycles. The number of ether oxygens (including phenoxy) is 3. The van der Waals surface area contributed by atoms with Crippen LogP contribution < -0.4 is 9.47 Å². The zero-order valence-electron chi connectivity index (χ0n) is 11.9. The van der Waals surface area contributed by atoms with E-state index in [2.05, 4.69) is 0 Å². The van der Waals surface area contributed by atoms with Crippen molar-refractivity contribution in [3.05, 3.63) is 63.6 Å². The van der Waals surface area contributed by atoms with Crippen molar-refractivity contribution in [3.63, 3.8) is 0 Å². The second-order valence-electron chi connectivity index (χ2n) is 4.75. The lowest BCUT2D eigenvalue weighted by Crippen LogP contribution is -2.01. The first-order chi connectivity index (χ1) is 11.1. The monoisotopic (exact) mass is 350 g/mol. The molecule has 0 aromatic heterocycles. The van der Waals surface area contributed by atoms with Crippen LogP contribution in [0.3, 0.4) is 0 Å². The van der Waals surface area contributed by atoms with Gasteiger partial charge in [-0.1, -0.05) is 35.3 Å². The summed E-state index contributed by atoms with van der Waals surface area (Å²) in [6, 6.07) is 10.5. The fourth-order valence-electron chi connectivity index (χ4n) is 2.04. The molecule has 1 aliphatic heterocycles. The van der Waals surface area contributed by atoms with Gasteiger partial charge < -0.3 is 14.2 Å². The molecular weight excluding hydrogens is 339 g/mol. The number of carbonyl (C=O) groups is 1. The Morgan fingerprint density at radius 2 is 1.87 bits per heavy atom. The number of esters is 1. The summed E-state index contributed by atoms with van der Waals surface area (Å²) in [4.78, 5) is 11.8. The van der Waals surface area contributed by atoms with Gasteiger partial charge in [-0.05, 0) is 35.9 Å². The van der Waals surface area contributed by atoms with Crippen LogP contribution in [-0.4, -0.2) is 12.8 Å². The third-order valence-corrected chi connectivity index (χ3v) is 3.94. The fraction of sp³-hybridized carbons (Fsp3) is 0.118. The number of halogens is 2. The average Bonchev–Trinajstić information content (AvgIpc) is 3.00. The van der Waals surface area contributed by atoms with E-state index in [1.807, 2.05) is 6.07 Å². The van der Waals surface area contributed by atoms with Gasteiger partial charge in [0.2, 0.25) is 6.79 Å². The summed E-state index contributed by atoms with van der Waals surface area (Å²) in [6.07, 6.45) is 2.97. The highest BCUT2D eigenvalue weighted by Gasteiger charge is 2.12. The maximum atomic E-state index is 11.8. The van der Waals surface area contributed by atoms with Crippen LogP contribution in [0.5, 0.6) is 11.5 Å². The molecule has 0 aliphatic carbocycles. The van der Waals surface area contributed by atoms with Crippen LogP contribution >= 0.6 is 23.2 Å². The highest BCUT2D eigenvalue weighted by molar-refractivity contribution is 6.35. The maximum absolute atomic E-state index is 11.8. The molecule has 2 aromatic rings. The van der Waals surface area contributed by atoms with E-state index < -0.39 is 5.97 Å². The number of hydrogen-bond donors (Lipinski definition) is 0. The van der Waals surface area contributed by atoms with Gasteiger partial charge in [-0.25, -0.2) is 4.79 Å². The zero-order valence-corrected chi connectivity index (χ0v) is 13.4. The molecule has 0 atom stereocenters. The number of benzene rings is 2. The van der Waals surface area contributed by atoms with Gasteiger partial charge in [0.05, 0.1) is 0 Å². The molecule has 0 spiro atoms. The highest BCUT2D eigenvalue weighted by atomic mass is 35.5. The third-order valence-electron chi connectivity index (χ3n) is 3.23. The van der Waals surface area contributed by atoms with Crippen LogP contribution in [0.25, 0.3) is 6.08 Å². The number of rotatable bonds is 4. The van der Waals surface area contributed by atoms with Crippen LogP contribution in [0.4, 0.5) is 0 Å². The minimum absolute atomic E-state index is 0.0167. The molecule has 0 radical (unpaired) electrons. The molecule has 0 unspecified atom stereocenters. The highest BCUT2D eigenvalue weighted by Crippen LogP contribution is 2.32. The molecular formula is C17H12Cl2O4. The molecule has 0 fully saturated rings. The van der Waals surface area contributed by atoms with E-state index in [9.17, 15) is 4.79 Å². The van der Waals surface area contributed by atoms with Gasteiger partial charge in [0, 0.05) is 21.7 Å². The Balaban J connectivity index is 1.61. The van der Waals surface area contributed by atoms with E-state index in [1.54, 1.807) is 36.4 Å². The second-order valence-corrected chi connectivity index (χ2v) is 5.57. The largest absolute Gasteiger partial charge is 0.458 e. The van der Waals surface area contributed by atoms with E-state index in [0.717, 1.165) is 5.56 Å². The molecule has 1 aliphatic rings. The van der Waals surface area contributed by atoms with Crippen molar-refractivity contribution in [3.8, 4) is 11.5 Å². The van der Waals surface area contributed by atoms with Crippen LogP contribution in [0.2, 0.25) is 10.0 Å². The normalized spacial score (nSPS) is 12.6. The quantitative estimate of drug-likeness (QED) is 0.602. The van der Waals surface area contributed by atoms with Crippen LogP contribution in [0.15, 0.2) is 42.5 Å². The summed E-state index contributed by atoms with van der Waals surface area (Å²) in [7, 11) is 0. The van der Waals surface area contributed by atoms with Crippen LogP contribution in [0, 0.1) is 0 Å². The van der Waals surface area contributed by atoms with Gasteiger partial charge in [-0.15, -0.1) is 0 Å². The molecule has 2 aromatic carbocycles. The molecule has 6 heteroatoms. The van der Waals surface area contributed by atoms with E-state index in [0.29, 0.717) is 27.1 Å². The summed E-state index contributed by atoms with van der Waals surface area (Å²) in [5.74, 6) is 0.861. The number of carbonyl (C=O) groups excluding carboxylic acids is 1. The molecule has 0 bridgehead atoms. The summed E-state index contributed by atoms with van der Waals surface area (Å²) in [5, 5.41) is 0.926. The smallest absolute Gasteiger partial charge is 0.331 e. The molecule has 3 rings (SSSR count). The maximum Gasteiger partial charge on any atom is 0.331 e. The van der Waals surface area contributed by atoms with Crippen molar-refractivity contribution >= 4 is 35.2 Å². The Morgan fingerprint density at radius 3 is 2.65 bits per heavy atom. The van der Waals surface area contributed by atoms with Gasteiger partial charge in [0.15, 0.2) is 11.5 Å². The van der Waals surface area contributed by atoms with Gasteiger partial charge >= 0.3 is 5.97 Å². The van der Waals surface area contributed by atoms with Gasteiger partial charge in [0.25, 0.3) is 0 Å². The first-order valence-corrected chi connectivity index (χ1v) is 7.56. The minimum Gasteiger partial charge on any atom is -0.458 e. The van der Waals surface area contributed by atoms with Gasteiger partial charge in [0.1, 0.15) is 6.61 Å². The minimum atomic E-state index is -0.487. The average molecular weight is 351 g/mol. The Hall–Kier alpha value is -2.17. The number of hydrogen-bond acceptors (Lipinski definition) is 4. The lowest BCUT2D eigenvalue weighted by Gasteiger charge is -2.06. The first kappa shape index (κ1) is 15.7. The van der Waals surface area contributed by atoms with Crippen LogP contribution in [-0.2, 0) is 16.1 Å². The first-order valence-electron chi connectivity index (χ1n) is 6.81. The Morgan fingerprint density at radius 1 is 1.13 bits per heavy atom. The molecule has 0 N–H and O–H groups in total. The topological polar surface area (TPSA) is 44.8 Å². The second kappa shape index (κ2) is 6.94. The van der Waals surface area contributed by atoms with Crippen molar-refractivity contribution < 1.29 is 19.0 Å².